The summed E-state index contributed by atoms with van der Waals surface area (Å²) in [7, 11) is 0. The van der Waals surface area contributed by atoms with Gasteiger partial charge in [-0.2, -0.15) is 0 Å². The lowest BCUT2D eigenvalue weighted by Crippen LogP contribution is -2.33. The summed E-state index contributed by atoms with van der Waals surface area (Å²) in [4.78, 5) is 34.6. The summed E-state index contributed by atoms with van der Waals surface area (Å²) < 4.78 is 6.93. The fraction of sp³-hybridized carbons (Fsp3) is 0.0769. The van der Waals surface area contributed by atoms with Crippen LogP contribution in [0, 0.1) is 13.8 Å². The monoisotopic (exact) mass is 500 g/mol. The van der Waals surface area contributed by atoms with Crippen molar-refractivity contribution in [3.63, 3.8) is 0 Å². The highest BCUT2D eigenvalue weighted by Crippen LogP contribution is 2.43. The number of hydrogen-bond donors (Lipinski definition) is 1. The van der Waals surface area contributed by atoms with Crippen LogP contribution in [0.1, 0.15) is 11.5 Å². The molecule has 0 fully saturated rings. The van der Waals surface area contributed by atoms with E-state index in [1.165, 1.54) is 17.5 Å². The van der Waals surface area contributed by atoms with Crippen LogP contribution in [0.3, 0.4) is 0 Å². The van der Waals surface area contributed by atoms with E-state index in [9.17, 15) is 9.59 Å². The first kappa shape index (κ1) is 21.5. The van der Waals surface area contributed by atoms with Gasteiger partial charge in [0.15, 0.2) is 0 Å². The maximum absolute atomic E-state index is 13.6. The third kappa shape index (κ3) is 3.33. The van der Waals surface area contributed by atoms with Gasteiger partial charge in [0.1, 0.15) is 10.5 Å². The molecule has 6 rings (SSSR count). The summed E-state index contributed by atoms with van der Waals surface area (Å²) in [5.41, 5.74) is 3.14. The van der Waals surface area contributed by atoms with Crippen LogP contribution >= 0.6 is 22.9 Å². The van der Waals surface area contributed by atoms with Gasteiger partial charge in [0.05, 0.1) is 23.1 Å². The van der Waals surface area contributed by atoms with Crippen molar-refractivity contribution in [3.05, 3.63) is 98.2 Å². The Bertz CT molecular complexity index is 1870. The van der Waals surface area contributed by atoms with Gasteiger partial charge in [0.25, 0.3) is 5.56 Å². The van der Waals surface area contributed by atoms with Gasteiger partial charge in [-0.25, -0.2) is 9.36 Å². The highest BCUT2D eigenvalue weighted by Gasteiger charge is 2.21. The minimum Gasteiger partial charge on any atom is -0.361 e. The highest BCUT2D eigenvalue weighted by molar-refractivity contribution is 7.22. The minimum absolute atomic E-state index is 0.413. The Labute approximate surface area is 207 Å². The van der Waals surface area contributed by atoms with Crippen molar-refractivity contribution in [2.75, 3.05) is 0 Å². The van der Waals surface area contributed by atoms with Gasteiger partial charge >= 0.3 is 5.69 Å². The summed E-state index contributed by atoms with van der Waals surface area (Å²) >= 11 is 7.95. The van der Waals surface area contributed by atoms with Gasteiger partial charge in [-0.15, -0.1) is 11.3 Å². The highest BCUT2D eigenvalue weighted by atomic mass is 35.5. The molecule has 2 aromatic carbocycles. The van der Waals surface area contributed by atoms with E-state index in [4.69, 9.17) is 16.1 Å². The molecule has 4 heterocycles. The second kappa shape index (κ2) is 8.04. The molecule has 0 atom stereocenters. The number of halogens is 1. The van der Waals surface area contributed by atoms with E-state index >= 15 is 0 Å². The summed E-state index contributed by atoms with van der Waals surface area (Å²) in [5.74, 6) is 0.673. The number of H-pyrrole nitrogens is 1. The molecule has 35 heavy (non-hydrogen) atoms. The molecule has 0 aliphatic rings. The van der Waals surface area contributed by atoms with Crippen LogP contribution in [-0.2, 0) is 0 Å². The van der Waals surface area contributed by atoms with E-state index in [2.05, 4.69) is 15.1 Å². The Kier molecular flexibility index (Phi) is 4.94. The molecule has 0 saturated heterocycles. The van der Waals surface area contributed by atoms with Crippen molar-refractivity contribution in [1.82, 2.24) is 19.7 Å². The molecule has 0 bridgehead atoms. The number of nitrogens with one attached hydrogen (secondary N) is 1. The Hall–Kier alpha value is -4.01. The van der Waals surface area contributed by atoms with Crippen LogP contribution in [0.5, 0.6) is 0 Å². The molecular weight excluding hydrogens is 484 g/mol. The van der Waals surface area contributed by atoms with Gasteiger partial charge < -0.3 is 9.51 Å². The normalized spacial score (nSPS) is 11.5. The summed E-state index contributed by atoms with van der Waals surface area (Å²) in [6.45, 7) is 3.72. The first-order valence-corrected chi connectivity index (χ1v) is 12.0. The standard InChI is InChI=1S/C26H17ClN4O3S/c1-13-22(14(2)34-30-13)17-8-5-9-18(27)23(17)21-10-19-24(35-21)25(32)31(26(33)29-19)20-12-28-11-15-6-3-4-7-16(15)20/h3-12H,1-2H3,(H,29,33). The first-order chi connectivity index (χ1) is 16.9. The average Bonchev–Trinajstić information content (AvgIpc) is 3.41. The molecular formula is C26H17ClN4O3S. The van der Waals surface area contributed by atoms with Crippen molar-refractivity contribution in [3.8, 4) is 27.3 Å². The number of hydrogen-bond acceptors (Lipinski definition) is 6. The average molecular weight is 501 g/mol. The van der Waals surface area contributed by atoms with E-state index in [1.54, 1.807) is 18.3 Å². The number of pyridine rings is 1. The predicted molar refractivity (Wildman–Crippen MR) is 139 cm³/mol. The van der Waals surface area contributed by atoms with Crippen molar-refractivity contribution >= 4 is 43.9 Å². The largest absolute Gasteiger partial charge is 0.361 e. The molecule has 0 amide bonds. The van der Waals surface area contributed by atoms with Crippen molar-refractivity contribution in [1.29, 1.82) is 0 Å². The third-order valence-corrected chi connectivity index (χ3v) is 7.48. The zero-order chi connectivity index (χ0) is 24.3. The summed E-state index contributed by atoms with van der Waals surface area (Å²) in [6, 6.07) is 14.9. The fourth-order valence-corrected chi connectivity index (χ4v) is 5.93. The molecule has 0 aliphatic carbocycles. The number of aryl methyl sites for hydroxylation is 2. The van der Waals surface area contributed by atoms with Crippen LogP contribution in [-0.4, -0.2) is 19.7 Å². The molecule has 0 saturated carbocycles. The third-order valence-electron chi connectivity index (χ3n) is 6.02. The molecule has 6 aromatic rings. The maximum Gasteiger partial charge on any atom is 0.333 e. The predicted octanol–water partition coefficient (Wildman–Crippen LogP) is 5.88. The number of thiophene rings is 1. The van der Waals surface area contributed by atoms with Crippen LogP contribution in [0.15, 0.2) is 75.0 Å². The van der Waals surface area contributed by atoms with E-state index in [-0.39, 0.29) is 0 Å². The van der Waals surface area contributed by atoms with Crippen LogP contribution in [0.4, 0.5) is 0 Å². The summed E-state index contributed by atoms with van der Waals surface area (Å²) in [5, 5.41) is 6.20. The SMILES string of the molecule is Cc1noc(C)c1-c1cccc(Cl)c1-c1cc2[nH]c(=O)n(-c3cncc4ccccc34)c(=O)c2s1. The van der Waals surface area contributed by atoms with Crippen molar-refractivity contribution < 1.29 is 4.52 Å². The number of benzene rings is 2. The second-order valence-electron chi connectivity index (χ2n) is 8.17. The number of rotatable bonds is 3. The summed E-state index contributed by atoms with van der Waals surface area (Å²) in [6.07, 6.45) is 3.23. The lowest BCUT2D eigenvalue weighted by molar-refractivity contribution is 0.393. The first-order valence-electron chi connectivity index (χ1n) is 10.8. The Morgan fingerprint density at radius 3 is 2.66 bits per heavy atom. The van der Waals surface area contributed by atoms with Gasteiger partial charge in [0.2, 0.25) is 0 Å². The van der Waals surface area contributed by atoms with Crippen LogP contribution in [0.2, 0.25) is 5.02 Å². The van der Waals surface area contributed by atoms with Crippen LogP contribution < -0.4 is 11.2 Å². The van der Waals surface area contributed by atoms with Crippen molar-refractivity contribution in [2.45, 2.75) is 13.8 Å². The zero-order valence-corrected chi connectivity index (χ0v) is 20.2. The molecule has 0 aliphatic heterocycles. The fourth-order valence-electron chi connectivity index (χ4n) is 4.48. The molecule has 9 heteroatoms. The molecule has 0 unspecified atom stereocenters. The van der Waals surface area contributed by atoms with Gasteiger partial charge in [-0.1, -0.05) is 53.2 Å². The molecule has 172 valence electrons. The quantitative estimate of drug-likeness (QED) is 0.327. The van der Waals surface area contributed by atoms with E-state index in [1.807, 2.05) is 50.2 Å². The van der Waals surface area contributed by atoms with E-state index in [0.717, 1.165) is 42.6 Å². The van der Waals surface area contributed by atoms with E-state index < -0.39 is 11.2 Å². The number of aromatic nitrogens is 4. The van der Waals surface area contributed by atoms with E-state index in [0.29, 0.717) is 26.7 Å². The molecule has 1 N–H and O–H groups in total. The molecule has 7 nitrogen and oxygen atoms in total. The minimum atomic E-state index is -0.532. The Balaban J connectivity index is 1.62. The molecule has 4 aromatic heterocycles. The van der Waals surface area contributed by atoms with Crippen LogP contribution in [0.25, 0.3) is 48.2 Å². The molecule has 0 radical (unpaired) electrons. The number of aromatic amines is 1. The number of nitrogens with zero attached hydrogens (tertiary/aromatic N) is 3. The number of fused-ring (bicyclic) bond motifs is 2. The molecule has 0 spiro atoms. The second-order valence-corrected chi connectivity index (χ2v) is 9.62. The Morgan fingerprint density at radius 1 is 1.03 bits per heavy atom. The van der Waals surface area contributed by atoms with Crippen molar-refractivity contribution in [2.24, 2.45) is 0 Å². The van der Waals surface area contributed by atoms with Gasteiger partial charge in [0, 0.05) is 38.0 Å². The van der Waals surface area contributed by atoms with Gasteiger partial charge in [-0.3, -0.25) is 9.78 Å². The Morgan fingerprint density at radius 2 is 1.86 bits per heavy atom. The lowest BCUT2D eigenvalue weighted by atomic mass is 9.97. The smallest absolute Gasteiger partial charge is 0.333 e. The lowest BCUT2D eigenvalue weighted by Gasteiger charge is -2.09. The zero-order valence-electron chi connectivity index (χ0n) is 18.6. The van der Waals surface area contributed by atoms with Gasteiger partial charge in [-0.05, 0) is 31.5 Å². The topological polar surface area (TPSA) is 93.8 Å². The maximum atomic E-state index is 13.6.